The molecule has 102 valence electrons. The molecule has 0 saturated heterocycles. The fraction of sp³-hybridized carbons (Fsp3) is 0.812. The van der Waals surface area contributed by atoms with Crippen molar-refractivity contribution in [1.29, 1.82) is 0 Å². The molecule has 0 N–H and O–H groups in total. The quantitative estimate of drug-likeness (QED) is 0.641. The molecule has 0 amide bonds. The predicted molar refractivity (Wildman–Crippen MR) is 76.9 cm³/mol. The molecule has 0 atom stereocenters. The van der Waals surface area contributed by atoms with E-state index in [-0.39, 0.29) is 0 Å². The van der Waals surface area contributed by atoms with Gasteiger partial charge in [0, 0.05) is 0 Å². The minimum atomic E-state index is 0.802. The van der Waals surface area contributed by atoms with Gasteiger partial charge in [-0.25, -0.2) is 0 Å². The summed E-state index contributed by atoms with van der Waals surface area (Å²) in [6.07, 6.45) is 17.9. The molecule has 0 unspecified atom stereocenters. The standard InChI is InChI=1S/C16H27NO/c1-2-4-8-12-15(11-7-3-1)16-13-9-5-6-10-14-18-17-16/h11H,1-10,12-14H2. The summed E-state index contributed by atoms with van der Waals surface area (Å²) >= 11 is 0. The lowest BCUT2D eigenvalue weighted by Gasteiger charge is -2.09. The topological polar surface area (TPSA) is 21.6 Å². The molecular weight excluding hydrogens is 222 g/mol. The van der Waals surface area contributed by atoms with Crippen LogP contribution in [0.3, 0.4) is 0 Å². The van der Waals surface area contributed by atoms with Gasteiger partial charge >= 0.3 is 0 Å². The highest BCUT2D eigenvalue weighted by Crippen LogP contribution is 2.21. The highest BCUT2D eigenvalue weighted by atomic mass is 16.6. The first-order valence-corrected chi connectivity index (χ1v) is 7.85. The van der Waals surface area contributed by atoms with E-state index in [4.69, 9.17) is 4.84 Å². The maximum absolute atomic E-state index is 5.47. The summed E-state index contributed by atoms with van der Waals surface area (Å²) < 4.78 is 0. The van der Waals surface area contributed by atoms with Crippen LogP contribution >= 0.6 is 0 Å². The Balaban J connectivity index is 1.99. The summed E-state index contributed by atoms with van der Waals surface area (Å²) in [7, 11) is 0. The number of nitrogens with zero attached hydrogens (tertiary/aromatic N) is 1. The van der Waals surface area contributed by atoms with Gasteiger partial charge in [-0.1, -0.05) is 36.9 Å². The van der Waals surface area contributed by atoms with Crippen LogP contribution in [0.2, 0.25) is 0 Å². The van der Waals surface area contributed by atoms with Crippen LogP contribution in [0.4, 0.5) is 0 Å². The first-order valence-electron chi connectivity index (χ1n) is 7.85. The molecule has 2 rings (SSSR count). The molecular formula is C16H27NO. The van der Waals surface area contributed by atoms with Gasteiger partial charge in [-0.3, -0.25) is 0 Å². The Labute approximate surface area is 111 Å². The van der Waals surface area contributed by atoms with Crippen molar-refractivity contribution in [2.45, 2.75) is 77.0 Å². The van der Waals surface area contributed by atoms with Gasteiger partial charge in [0.15, 0.2) is 0 Å². The van der Waals surface area contributed by atoms with Crippen LogP contribution in [0, 0.1) is 0 Å². The Morgan fingerprint density at radius 3 is 2.44 bits per heavy atom. The molecule has 2 nitrogen and oxygen atoms in total. The number of allylic oxidation sites excluding steroid dienone is 2. The summed E-state index contributed by atoms with van der Waals surface area (Å²) in [5.41, 5.74) is 2.73. The van der Waals surface area contributed by atoms with Crippen molar-refractivity contribution in [2.24, 2.45) is 5.16 Å². The zero-order valence-electron chi connectivity index (χ0n) is 11.6. The van der Waals surface area contributed by atoms with Gasteiger partial charge in [-0.2, -0.15) is 0 Å². The molecule has 0 aromatic heterocycles. The molecule has 1 aliphatic carbocycles. The maximum atomic E-state index is 5.47. The van der Waals surface area contributed by atoms with Gasteiger partial charge in [0.25, 0.3) is 0 Å². The van der Waals surface area contributed by atoms with Crippen LogP contribution in [-0.4, -0.2) is 12.3 Å². The van der Waals surface area contributed by atoms with Crippen molar-refractivity contribution in [3.8, 4) is 0 Å². The zero-order chi connectivity index (χ0) is 12.5. The van der Waals surface area contributed by atoms with Crippen molar-refractivity contribution in [3.05, 3.63) is 11.6 Å². The molecule has 2 heteroatoms. The SMILES string of the molecule is C1=C(C2=NOCCCCCC2)CCCCCCC1. The molecule has 18 heavy (non-hydrogen) atoms. The van der Waals surface area contributed by atoms with Crippen molar-refractivity contribution >= 4 is 5.71 Å². The van der Waals surface area contributed by atoms with Gasteiger partial charge in [-0.15, -0.1) is 0 Å². The smallest absolute Gasteiger partial charge is 0.117 e. The molecule has 0 aromatic rings. The van der Waals surface area contributed by atoms with E-state index in [1.165, 1.54) is 75.5 Å². The van der Waals surface area contributed by atoms with Crippen LogP contribution in [0.1, 0.15) is 77.0 Å². The molecule has 0 fully saturated rings. The third-order valence-corrected chi connectivity index (χ3v) is 3.99. The summed E-state index contributed by atoms with van der Waals surface area (Å²) in [6.45, 7) is 0.802. The van der Waals surface area contributed by atoms with Crippen LogP contribution in [0.15, 0.2) is 16.8 Å². The number of hydrogen-bond acceptors (Lipinski definition) is 2. The third-order valence-electron chi connectivity index (χ3n) is 3.99. The van der Waals surface area contributed by atoms with E-state index < -0.39 is 0 Å². The highest BCUT2D eigenvalue weighted by Gasteiger charge is 2.10. The van der Waals surface area contributed by atoms with Crippen LogP contribution < -0.4 is 0 Å². The van der Waals surface area contributed by atoms with Crippen LogP contribution in [0.25, 0.3) is 0 Å². The lowest BCUT2D eigenvalue weighted by Crippen LogP contribution is -2.04. The normalized spacial score (nSPS) is 24.0. The van der Waals surface area contributed by atoms with Crippen molar-refractivity contribution in [3.63, 3.8) is 0 Å². The Bertz CT molecular complexity index is 263. The lowest BCUT2D eigenvalue weighted by atomic mass is 9.98. The predicted octanol–water partition coefficient (Wildman–Crippen LogP) is 4.99. The van der Waals surface area contributed by atoms with Gasteiger partial charge in [0.05, 0.1) is 5.71 Å². The number of hydrogen-bond donors (Lipinski definition) is 0. The lowest BCUT2D eigenvalue weighted by molar-refractivity contribution is 0.141. The van der Waals surface area contributed by atoms with Gasteiger partial charge in [-0.05, 0) is 56.9 Å². The minimum Gasteiger partial charge on any atom is -0.396 e. The van der Waals surface area contributed by atoms with Gasteiger partial charge < -0.3 is 4.84 Å². The molecule has 1 heterocycles. The van der Waals surface area contributed by atoms with Crippen molar-refractivity contribution < 1.29 is 4.84 Å². The number of oxime groups is 1. The molecule has 0 spiro atoms. The second-order valence-electron chi connectivity index (χ2n) is 5.57. The molecule has 0 aromatic carbocycles. The van der Waals surface area contributed by atoms with Crippen molar-refractivity contribution in [2.75, 3.05) is 6.61 Å². The maximum Gasteiger partial charge on any atom is 0.117 e. The summed E-state index contributed by atoms with van der Waals surface area (Å²) in [5, 5.41) is 4.42. The number of rotatable bonds is 1. The zero-order valence-corrected chi connectivity index (χ0v) is 11.6. The Morgan fingerprint density at radius 2 is 1.50 bits per heavy atom. The summed E-state index contributed by atoms with van der Waals surface area (Å²) in [6, 6.07) is 0. The molecule has 0 bridgehead atoms. The fourth-order valence-electron chi connectivity index (χ4n) is 2.83. The van der Waals surface area contributed by atoms with Crippen LogP contribution in [0.5, 0.6) is 0 Å². The monoisotopic (exact) mass is 249 g/mol. The van der Waals surface area contributed by atoms with E-state index in [1.807, 2.05) is 0 Å². The second-order valence-corrected chi connectivity index (χ2v) is 5.57. The van der Waals surface area contributed by atoms with E-state index >= 15 is 0 Å². The van der Waals surface area contributed by atoms with Crippen LogP contribution in [-0.2, 0) is 4.84 Å². The Morgan fingerprint density at radius 1 is 0.778 bits per heavy atom. The first kappa shape index (κ1) is 13.6. The Hall–Kier alpha value is -0.790. The average molecular weight is 249 g/mol. The fourth-order valence-corrected chi connectivity index (χ4v) is 2.83. The van der Waals surface area contributed by atoms with E-state index in [0.29, 0.717) is 0 Å². The highest BCUT2D eigenvalue weighted by molar-refractivity contribution is 5.99. The third kappa shape index (κ3) is 4.83. The van der Waals surface area contributed by atoms with E-state index in [0.717, 1.165) is 19.4 Å². The molecule has 1 aliphatic heterocycles. The molecule has 0 radical (unpaired) electrons. The molecule has 0 saturated carbocycles. The summed E-state index contributed by atoms with van der Waals surface area (Å²) in [4.78, 5) is 5.47. The van der Waals surface area contributed by atoms with Crippen molar-refractivity contribution in [1.82, 2.24) is 0 Å². The van der Waals surface area contributed by atoms with Gasteiger partial charge in [0.1, 0.15) is 6.61 Å². The Kier molecular flexibility index (Phi) is 6.32. The minimum absolute atomic E-state index is 0.802. The molecule has 2 aliphatic rings. The van der Waals surface area contributed by atoms with E-state index in [9.17, 15) is 0 Å². The second kappa shape index (κ2) is 8.34. The average Bonchev–Trinajstić information content (AvgIpc) is 2.61. The van der Waals surface area contributed by atoms with Gasteiger partial charge in [0.2, 0.25) is 0 Å². The first-order chi connectivity index (χ1) is 8.97. The largest absolute Gasteiger partial charge is 0.396 e. The summed E-state index contributed by atoms with van der Waals surface area (Å²) in [5.74, 6) is 0. The van der Waals surface area contributed by atoms with E-state index in [1.54, 1.807) is 0 Å². The van der Waals surface area contributed by atoms with E-state index in [2.05, 4.69) is 11.2 Å².